The number of thioether (sulfide) groups is 1. The highest BCUT2D eigenvalue weighted by Gasteiger charge is 2.32. The lowest BCUT2D eigenvalue weighted by Crippen LogP contribution is -2.43. The zero-order valence-electron chi connectivity index (χ0n) is 17.2. The minimum atomic E-state index is 0.262. The molecule has 2 heterocycles. The van der Waals surface area contributed by atoms with E-state index in [4.69, 9.17) is 9.73 Å². The van der Waals surface area contributed by atoms with E-state index in [2.05, 4.69) is 48.1 Å². The summed E-state index contributed by atoms with van der Waals surface area (Å²) in [6, 6.07) is 0.755. The fourth-order valence-electron chi connectivity index (χ4n) is 3.94. The molecule has 5 nitrogen and oxygen atoms in total. The second-order valence-electron chi connectivity index (χ2n) is 7.58. The average molecular weight is 385 g/mol. The van der Waals surface area contributed by atoms with Gasteiger partial charge in [-0.05, 0) is 58.2 Å². The van der Waals surface area contributed by atoms with E-state index in [-0.39, 0.29) is 4.75 Å². The first-order valence-corrected chi connectivity index (χ1v) is 11.7. The number of aliphatic imine (C=N–C) groups is 1. The van der Waals surface area contributed by atoms with Crippen molar-refractivity contribution in [2.24, 2.45) is 4.99 Å². The Kier molecular flexibility index (Phi) is 10.2. The number of hydrogen-bond donors (Lipinski definition) is 2. The van der Waals surface area contributed by atoms with E-state index >= 15 is 0 Å². The van der Waals surface area contributed by atoms with Gasteiger partial charge in [-0.2, -0.15) is 11.8 Å². The molecule has 0 aromatic rings. The summed E-state index contributed by atoms with van der Waals surface area (Å²) in [5, 5.41) is 6.96. The molecule has 6 heteroatoms. The second kappa shape index (κ2) is 12.1. The topological polar surface area (TPSA) is 48.9 Å². The fourth-order valence-corrected chi connectivity index (χ4v) is 5.16. The number of rotatable bonds is 9. The summed E-state index contributed by atoms with van der Waals surface area (Å²) in [5.41, 5.74) is 0. The quantitative estimate of drug-likeness (QED) is 0.363. The third kappa shape index (κ3) is 7.28. The Morgan fingerprint density at radius 1 is 1.23 bits per heavy atom. The van der Waals surface area contributed by atoms with Crippen molar-refractivity contribution in [3.05, 3.63) is 0 Å². The summed E-state index contributed by atoms with van der Waals surface area (Å²) >= 11 is 2.06. The van der Waals surface area contributed by atoms with Gasteiger partial charge >= 0.3 is 0 Å². The van der Waals surface area contributed by atoms with Crippen LogP contribution in [0.25, 0.3) is 0 Å². The van der Waals surface area contributed by atoms with E-state index in [1.54, 1.807) is 0 Å². The van der Waals surface area contributed by atoms with Gasteiger partial charge in [0.25, 0.3) is 0 Å². The number of guanidine groups is 1. The van der Waals surface area contributed by atoms with Crippen LogP contribution in [0.15, 0.2) is 4.99 Å². The predicted molar refractivity (Wildman–Crippen MR) is 114 cm³/mol. The highest BCUT2D eigenvalue weighted by molar-refractivity contribution is 8.00. The highest BCUT2D eigenvalue weighted by Crippen LogP contribution is 2.35. The first-order valence-electron chi connectivity index (χ1n) is 10.7. The molecule has 2 aliphatic rings. The molecule has 1 atom stereocenters. The van der Waals surface area contributed by atoms with Gasteiger partial charge in [0.05, 0.1) is 6.54 Å². The molecule has 0 bridgehead atoms. The number of nitrogens with one attached hydrogen (secondary N) is 2. The third-order valence-electron chi connectivity index (χ3n) is 5.58. The van der Waals surface area contributed by atoms with Crippen LogP contribution in [-0.2, 0) is 4.74 Å². The number of ether oxygens (including phenoxy) is 1. The van der Waals surface area contributed by atoms with Gasteiger partial charge in [-0.3, -0.25) is 4.99 Å². The molecule has 2 rings (SSSR count). The van der Waals surface area contributed by atoms with Crippen LogP contribution in [0.5, 0.6) is 0 Å². The minimum Gasteiger partial charge on any atom is -0.381 e. The maximum Gasteiger partial charge on any atom is 0.191 e. The molecule has 2 fully saturated rings. The van der Waals surface area contributed by atoms with Crippen LogP contribution in [0.4, 0.5) is 0 Å². The van der Waals surface area contributed by atoms with E-state index in [1.165, 1.54) is 38.8 Å². The van der Waals surface area contributed by atoms with Gasteiger partial charge < -0.3 is 20.3 Å². The molecule has 0 saturated carbocycles. The molecule has 0 aromatic carbocycles. The van der Waals surface area contributed by atoms with Crippen molar-refractivity contribution in [3.63, 3.8) is 0 Å². The summed E-state index contributed by atoms with van der Waals surface area (Å²) in [4.78, 5) is 7.57. The normalized spacial score (nSPS) is 24.4. The lowest BCUT2D eigenvalue weighted by atomic mass is 9.99. The molecule has 152 valence electrons. The van der Waals surface area contributed by atoms with Gasteiger partial charge in [0.15, 0.2) is 5.96 Å². The van der Waals surface area contributed by atoms with Crippen LogP contribution in [0.3, 0.4) is 0 Å². The van der Waals surface area contributed by atoms with Crippen LogP contribution in [-0.4, -0.2) is 73.3 Å². The molecule has 0 aliphatic carbocycles. The van der Waals surface area contributed by atoms with E-state index in [9.17, 15) is 0 Å². The molecule has 0 spiro atoms. The summed E-state index contributed by atoms with van der Waals surface area (Å²) < 4.78 is 5.84. The molecule has 0 amide bonds. The van der Waals surface area contributed by atoms with E-state index < -0.39 is 0 Å². The zero-order chi connectivity index (χ0) is 18.7. The molecular formula is C20H40N4OS. The molecule has 2 saturated heterocycles. The highest BCUT2D eigenvalue weighted by atomic mass is 32.2. The largest absolute Gasteiger partial charge is 0.381 e. The van der Waals surface area contributed by atoms with Crippen LogP contribution >= 0.6 is 11.8 Å². The Labute approximate surface area is 165 Å². The van der Waals surface area contributed by atoms with Gasteiger partial charge in [0, 0.05) is 43.6 Å². The number of likely N-dealkylation sites (tertiary alicyclic amines) is 1. The lowest BCUT2D eigenvalue weighted by molar-refractivity contribution is 0.0793. The summed E-state index contributed by atoms with van der Waals surface area (Å²) in [7, 11) is 0. The molecule has 2 N–H and O–H groups in total. The van der Waals surface area contributed by atoms with Crippen molar-refractivity contribution in [1.29, 1.82) is 0 Å². The van der Waals surface area contributed by atoms with E-state index in [0.717, 1.165) is 63.4 Å². The number of nitrogens with zero attached hydrogens (tertiary/aromatic N) is 2. The monoisotopic (exact) mass is 384 g/mol. The van der Waals surface area contributed by atoms with Crippen LogP contribution < -0.4 is 10.6 Å². The minimum absolute atomic E-state index is 0.262. The van der Waals surface area contributed by atoms with Crippen molar-refractivity contribution in [2.45, 2.75) is 70.1 Å². The molecular weight excluding hydrogens is 344 g/mol. The lowest BCUT2D eigenvalue weighted by Gasteiger charge is -2.35. The smallest absolute Gasteiger partial charge is 0.191 e. The van der Waals surface area contributed by atoms with Crippen LogP contribution in [0.2, 0.25) is 0 Å². The van der Waals surface area contributed by atoms with Crippen molar-refractivity contribution in [2.75, 3.05) is 51.7 Å². The Balaban J connectivity index is 1.77. The van der Waals surface area contributed by atoms with Crippen LogP contribution in [0, 0.1) is 0 Å². The van der Waals surface area contributed by atoms with Gasteiger partial charge in [0.2, 0.25) is 0 Å². The fraction of sp³-hybridized carbons (Fsp3) is 0.950. The Morgan fingerprint density at radius 3 is 2.73 bits per heavy atom. The average Bonchev–Trinajstić information content (AvgIpc) is 2.65. The summed E-state index contributed by atoms with van der Waals surface area (Å²) in [6.45, 7) is 13.8. The molecule has 1 unspecified atom stereocenters. The SMILES string of the molecule is CCNC(=NCC1(SCC)CCOCC1)NCCCN1CCCCC1C. The zero-order valence-corrected chi connectivity index (χ0v) is 18.0. The van der Waals surface area contributed by atoms with Crippen molar-refractivity contribution < 1.29 is 4.74 Å². The maximum absolute atomic E-state index is 5.57. The Morgan fingerprint density at radius 2 is 2.04 bits per heavy atom. The van der Waals surface area contributed by atoms with Crippen molar-refractivity contribution in [3.8, 4) is 0 Å². The molecule has 0 radical (unpaired) electrons. The van der Waals surface area contributed by atoms with Gasteiger partial charge in [-0.25, -0.2) is 0 Å². The van der Waals surface area contributed by atoms with Gasteiger partial charge in [0.1, 0.15) is 0 Å². The first-order chi connectivity index (χ1) is 12.7. The maximum atomic E-state index is 5.57. The predicted octanol–water partition coefficient (Wildman–Crippen LogP) is 3.11. The standard InChI is InChI=1S/C20H40N4OS/c1-4-21-19(22-12-8-14-24-13-7-6-9-18(24)3)23-17-20(26-5-2)10-15-25-16-11-20/h18H,4-17H2,1-3H3,(H2,21,22,23). The first kappa shape index (κ1) is 21.8. The van der Waals surface area contributed by atoms with Crippen molar-refractivity contribution in [1.82, 2.24) is 15.5 Å². The summed E-state index contributed by atoms with van der Waals surface area (Å²) in [6.07, 6.45) is 7.52. The summed E-state index contributed by atoms with van der Waals surface area (Å²) in [5.74, 6) is 2.12. The van der Waals surface area contributed by atoms with Crippen molar-refractivity contribution >= 4 is 17.7 Å². The molecule has 26 heavy (non-hydrogen) atoms. The van der Waals surface area contributed by atoms with Gasteiger partial charge in [-0.15, -0.1) is 0 Å². The van der Waals surface area contributed by atoms with Gasteiger partial charge in [-0.1, -0.05) is 13.3 Å². The molecule has 2 aliphatic heterocycles. The van der Waals surface area contributed by atoms with E-state index in [1.807, 2.05) is 0 Å². The van der Waals surface area contributed by atoms with Crippen LogP contribution in [0.1, 0.15) is 59.3 Å². The Hall–Kier alpha value is -0.460. The number of hydrogen-bond acceptors (Lipinski definition) is 4. The molecule has 0 aromatic heterocycles. The third-order valence-corrected chi connectivity index (χ3v) is 7.02. The number of piperidine rings is 1. The van der Waals surface area contributed by atoms with E-state index in [0.29, 0.717) is 0 Å². The Bertz CT molecular complexity index is 407. The second-order valence-corrected chi connectivity index (χ2v) is 9.32.